The van der Waals surface area contributed by atoms with Crippen LogP contribution in [0.1, 0.15) is 40.0 Å². The van der Waals surface area contributed by atoms with Crippen LogP contribution in [0.25, 0.3) is 0 Å². The summed E-state index contributed by atoms with van der Waals surface area (Å²) < 4.78 is 0. The van der Waals surface area contributed by atoms with Gasteiger partial charge in [-0.3, -0.25) is 4.79 Å². The average Bonchev–Trinajstić information content (AvgIpc) is 1.82. The Kier molecular flexibility index (Phi) is 2.45. The summed E-state index contributed by atoms with van der Waals surface area (Å²) in [4.78, 5) is 11.0. The minimum atomic E-state index is -0.624. The lowest BCUT2D eigenvalue weighted by Gasteiger charge is -2.36. The van der Waals surface area contributed by atoms with Crippen molar-refractivity contribution < 1.29 is 9.90 Å². The molecule has 0 amide bonds. The summed E-state index contributed by atoms with van der Waals surface area (Å²) in [5.41, 5.74) is -0.461. The van der Waals surface area contributed by atoms with Crippen molar-refractivity contribution in [2.75, 3.05) is 0 Å². The monoisotopic (exact) mass is 170 g/mol. The molecule has 0 aromatic rings. The molecule has 0 unspecified atom stereocenters. The number of hydrogen-bond donors (Lipinski definition) is 1. The summed E-state index contributed by atoms with van der Waals surface area (Å²) in [6.07, 6.45) is 2.86. The lowest BCUT2D eigenvalue weighted by atomic mass is 9.67. The molecule has 2 nitrogen and oxygen atoms in total. The van der Waals surface area contributed by atoms with Gasteiger partial charge in [0.15, 0.2) is 0 Å². The molecule has 0 aliphatic heterocycles. The van der Waals surface area contributed by atoms with E-state index in [2.05, 4.69) is 13.8 Å². The van der Waals surface area contributed by atoms with Crippen LogP contribution in [-0.4, -0.2) is 11.1 Å². The molecule has 0 aromatic carbocycles. The van der Waals surface area contributed by atoms with Crippen molar-refractivity contribution in [3.63, 3.8) is 0 Å². The van der Waals surface area contributed by atoms with Gasteiger partial charge in [0.05, 0.1) is 5.41 Å². The average molecular weight is 170 g/mol. The van der Waals surface area contributed by atoms with Crippen molar-refractivity contribution in [3.8, 4) is 0 Å². The zero-order valence-electron chi connectivity index (χ0n) is 8.13. The maximum absolute atomic E-state index is 11.0. The van der Waals surface area contributed by atoms with E-state index in [-0.39, 0.29) is 0 Å². The topological polar surface area (TPSA) is 37.3 Å². The van der Waals surface area contributed by atoms with E-state index in [4.69, 9.17) is 5.11 Å². The SMILES string of the molecule is C[C@@H]1C[C@@H](C)CC(C)(C(=O)O)C1. The van der Waals surface area contributed by atoms with Crippen LogP contribution in [0.5, 0.6) is 0 Å². The Hall–Kier alpha value is -0.530. The van der Waals surface area contributed by atoms with Crippen LogP contribution in [0.15, 0.2) is 0 Å². The summed E-state index contributed by atoms with van der Waals surface area (Å²) in [5, 5.41) is 9.03. The van der Waals surface area contributed by atoms with Crippen LogP contribution in [0.2, 0.25) is 0 Å². The predicted molar refractivity (Wildman–Crippen MR) is 47.9 cm³/mol. The van der Waals surface area contributed by atoms with Crippen LogP contribution in [0, 0.1) is 17.3 Å². The van der Waals surface area contributed by atoms with Crippen LogP contribution in [0.3, 0.4) is 0 Å². The first kappa shape index (κ1) is 9.56. The van der Waals surface area contributed by atoms with Crippen LogP contribution in [0.4, 0.5) is 0 Å². The first-order valence-electron chi connectivity index (χ1n) is 4.67. The fraction of sp³-hybridized carbons (Fsp3) is 0.900. The minimum Gasteiger partial charge on any atom is -0.481 e. The molecule has 0 saturated heterocycles. The Morgan fingerprint density at radius 1 is 1.33 bits per heavy atom. The molecule has 0 spiro atoms. The lowest BCUT2D eigenvalue weighted by molar-refractivity contribution is -0.151. The minimum absolute atomic E-state index is 0.461. The molecule has 12 heavy (non-hydrogen) atoms. The fourth-order valence-electron chi connectivity index (χ4n) is 2.65. The summed E-state index contributed by atoms with van der Waals surface area (Å²) in [7, 11) is 0. The fourth-order valence-corrected chi connectivity index (χ4v) is 2.65. The number of rotatable bonds is 1. The van der Waals surface area contributed by atoms with Gasteiger partial charge in [0.1, 0.15) is 0 Å². The smallest absolute Gasteiger partial charge is 0.309 e. The zero-order valence-corrected chi connectivity index (χ0v) is 8.13. The number of aliphatic carboxylic acids is 1. The molecule has 0 heterocycles. The van der Waals surface area contributed by atoms with E-state index in [1.807, 2.05) is 6.92 Å². The molecule has 0 bridgehead atoms. The van der Waals surface area contributed by atoms with E-state index in [1.54, 1.807) is 0 Å². The highest BCUT2D eigenvalue weighted by atomic mass is 16.4. The van der Waals surface area contributed by atoms with Gasteiger partial charge in [0.25, 0.3) is 0 Å². The van der Waals surface area contributed by atoms with Gasteiger partial charge in [-0.1, -0.05) is 13.8 Å². The second kappa shape index (κ2) is 3.08. The van der Waals surface area contributed by atoms with Crippen molar-refractivity contribution in [2.45, 2.75) is 40.0 Å². The van der Waals surface area contributed by atoms with Gasteiger partial charge in [0, 0.05) is 0 Å². The Bertz CT molecular complexity index is 176. The first-order chi connectivity index (χ1) is 5.44. The van der Waals surface area contributed by atoms with Gasteiger partial charge >= 0.3 is 5.97 Å². The second-order valence-corrected chi connectivity index (χ2v) is 4.72. The maximum atomic E-state index is 11.0. The molecule has 2 heteroatoms. The van der Waals surface area contributed by atoms with E-state index in [1.165, 1.54) is 6.42 Å². The number of carboxylic acid groups (broad SMARTS) is 1. The van der Waals surface area contributed by atoms with Crippen molar-refractivity contribution in [3.05, 3.63) is 0 Å². The Morgan fingerprint density at radius 3 is 2.08 bits per heavy atom. The van der Waals surface area contributed by atoms with Gasteiger partial charge < -0.3 is 5.11 Å². The molecular formula is C10H18O2. The van der Waals surface area contributed by atoms with Gasteiger partial charge in [-0.15, -0.1) is 0 Å². The molecule has 1 saturated carbocycles. The van der Waals surface area contributed by atoms with Gasteiger partial charge in [-0.25, -0.2) is 0 Å². The molecule has 70 valence electrons. The number of carboxylic acids is 1. The predicted octanol–water partition coefficient (Wildman–Crippen LogP) is 2.53. The molecule has 0 aromatic heterocycles. The summed E-state index contributed by atoms with van der Waals surface area (Å²) in [5.74, 6) is 0.505. The van der Waals surface area contributed by atoms with Crippen LogP contribution in [-0.2, 0) is 4.79 Å². The standard InChI is InChI=1S/C10H18O2/c1-7-4-8(2)6-10(3,5-7)9(11)12/h7-8H,4-6H2,1-3H3,(H,11,12)/t7-,8-/m1/s1. The molecule has 1 aliphatic carbocycles. The number of hydrogen-bond acceptors (Lipinski definition) is 1. The first-order valence-corrected chi connectivity index (χ1v) is 4.67. The highest BCUT2D eigenvalue weighted by molar-refractivity contribution is 5.74. The molecule has 1 N–H and O–H groups in total. The largest absolute Gasteiger partial charge is 0.481 e. The van der Waals surface area contributed by atoms with Crippen molar-refractivity contribution in [1.29, 1.82) is 0 Å². The summed E-state index contributed by atoms with van der Waals surface area (Å²) in [6.45, 7) is 6.18. The summed E-state index contributed by atoms with van der Waals surface area (Å²) >= 11 is 0. The quantitative estimate of drug-likeness (QED) is 0.656. The van der Waals surface area contributed by atoms with Gasteiger partial charge in [0.2, 0.25) is 0 Å². The molecule has 2 atom stereocenters. The van der Waals surface area contributed by atoms with Crippen molar-refractivity contribution in [1.82, 2.24) is 0 Å². The third-order valence-electron chi connectivity index (χ3n) is 2.92. The van der Waals surface area contributed by atoms with E-state index < -0.39 is 11.4 Å². The Balaban J connectivity index is 2.71. The third-order valence-corrected chi connectivity index (χ3v) is 2.92. The van der Waals surface area contributed by atoms with Crippen molar-refractivity contribution in [2.24, 2.45) is 17.3 Å². The molecule has 1 aliphatic rings. The maximum Gasteiger partial charge on any atom is 0.309 e. The lowest BCUT2D eigenvalue weighted by Crippen LogP contribution is -2.35. The number of carbonyl (C=O) groups is 1. The van der Waals surface area contributed by atoms with Crippen LogP contribution < -0.4 is 0 Å². The van der Waals surface area contributed by atoms with E-state index >= 15 is 0 Å². The normalized spacial score (nSPS) is 42.6. The third kappa shape index (κ3) is 1.79. The van der Waals surface area contributed by atoms with Crippen LogP contribution >= 0.6 is 0 Å². The molecular weight excluding hydrogens is 152 g/mol. The molecule has 1 rings (SSSR count). The van der Waals surface area contributed by atoms with Crippen molar-refractivity contribution >= 4 is 5.97 Å². The van der Waals surface area contributed by atoms with Gasteiger partial charge in [-0.05, 0) is 38.0 Å². The zero-order chi connectivity index (χ0) is 9.35. The molecule has 0 radical (unpaired) electrons. The van der Waals surface area contributed by atoms with E-state index in [9.17, 15) is 4.79 Å². The van der Waals surface area contributed by atoms with E-state index in [0.717, 1.165) is 12.8 Å². The highest BCUT2D eigenvalue weighted by Gasteiger charge is 2.39. The highest BCUT2D eigenvalue weighted by Crippen LogP contribution is 2.41. The Labute approximate surface area is 74.0 Å². The Morgan fingerprint density at radius 2 is 1.75 bits per heavy atom. The van der Waals surface area contributed by atoms with E-state index in [0.29, 0.717) is 11.8 Å². The van der Waals surface area contributed by atoms with Gasteiger partial charge in [-0.2, -0.15) is 0 Å². The summed E-state index contributed by atoms with van der Waals surface area (Å²) in [6, 6.07) is 0. The molecule has 1 fully saturated rings. The second-order valence-electron chi connectivity index (χ2n) is 4.72.